The monoisotopic (exact) mass is 1630 g/mol. The molecule has 1 N–H and O–H groups in total. The van der Waals surface area contributed by atoms with Crippen molar-refractivity contribution in [1.29, 1.82) is 0 Å². The summed E-state index contributed by atoms with van der Waals surface area (Å²) in [5.41, 5.74) is 20.4. The topological polar surface area (TPSA) is 108 Å². The van der Waals surface area contributed by atoms with Crippen molar-refractivity contribution in [1.82, 2.24) is 48.6 Å². The number of hydrogen-bond donors (Lipinski definition) is 1. The summed E-state index contributed by atoms with van der Waals surface area (Å²) in [5.74, 6) is 3.03. The van der Waals surface area contributed by atoms with Crippen LogP contribution in [0.5, 0.6) is 0 Å². The van der Waals surface area contributed by atoms with Gasteiger partial charge in [-0.1, -0.05) is 328 Å². The molecule has 8 heterocycles. The number of aromatic amines is 1. The Morgan fingerprint density at radius 1 is 0.228 bits per heavy atom. The third-order valence-corrected chi connectivity index (χ3v) is 26.4. The first kappa shape index (κ1) is 71.5. The van der Waals surface area contributed by atoms with Crippen LogP contribution in [0.15, 0.2) is 400 Å². The number of H-pyrrole nitrogens is 1. The summed E-state index contributed by atoms with van der Waals surface area (Å²) < 4.78 is 12.2. The third kappa shape index (κ3) is 12.0. The van der Waals surface area contributed by atoms with E-state index in [1.54, 1.807) is 0 Å². The molecule has 0 amide bonds. The highest BCUT2D eigenvalue weighted by Gasteiger charge is 2.27. The van der Waals surface area contributed by atoms with Crippen LogP contribution in [0.2, 0.25) is 5.28 Å². The lowest BCUT2D eigenvalue weighted by molar-refractivity contribution is 0.955. The maximum atomic E-state index is 5.99. The molecule has 0 aliphatic rings. The molecular weight excluding hydrogens is 1560 g/mol. The second-order valence-electron chi connectivity index (χ2n) is 31.0. The minimum absolute atomic E-state index is 0.202. The fraction of sp³-hybridized carbons (Fsp3) is 0. The van der Waals surface area contributed by atoms with E-state index in [4.69, 9.17) is 26.6 Å². The van der Waals surface area contributed by atoms with Gasteiger partial charge in [-0.25, -0.2) is 9.97 Å². The molecule has 0 saturated heterocycles. The highest BCUT2D eigenvalue weighted by atomic mass is 35.5. The van der Waals surface area contributed by atoms with Crippen molar-refractivity contribution in [3.63, 3.8) is 0 Å². The lowest BCUT2D eigenvalue weighted by atomic mass is 9.98. The number of rotatable bonds is 9. The molecule has 13 heteroatoms. The van der Waals surface area contributed by atoms with Crippen LogP contribution in [-0.4, -0.2) is 48.6 Å². The van der Waals surface area contributed by atoms with Gasteiger partial charge in [0.05, 0.1) is 48.0 Å². The largest absolute Gasteiger partial charge is 0.353 e. The molecule has 0 aliphatic carbocycles. The van der Waals surface area contributed by atoms with E-state index in [0.29, 0.717) is 29.2 Å². The Kier molecular flexibility index (Phi) is 17.1. The van der Waals surface area contributed by atoms with Crippen molar-refractivity contribution in [2.24, 2.45) is 0 Å². The van der Waals surface area contributed by atoms with Gasteiger partial charge in [-0.05, 0) is 128 Å². The normalized spacial score (nSPS) is 11.8. The smallest absolute Gasteiger partial charge is 0.238 e. The van der Waals surface area contributed by atoms with Crippen LogP contribution in [0.3, 0.4) is 0 Å². The fourth-order valence-corrected chi connectivity index (χ4v) is 21.1. The molecule has 123 heavy (non-hydrogen) atoms. The first-order chi connectivity index (χ1) is 60.9. The number of nitrogens with zero attached hydrogens (tertiary/aromatic N) is 9. The molecule has 0 atom stereocenters. The molecule has 0 fully saturated rings. The van der Waals surface area contributed by atoms with Crippen LogP contribution in [0, 0.1) is 0 Å². The van der Waals surface area contributed by atoms with E-state index in [0.717, 1.165) is 44.4 Å². The predicted molar refractivity (Wildman–Crippen MR) is 517 cm³/mol. The van der Waals surface area contributed by atoms with Gasteiger partial charge < -0.3 is 14.1 Å². The Morgan fingerprint density at radius 3 is 0.992 bits per heavy atom. The number of hydrogen-bond acceptors (Lipinski definition) is 8. The van der Waals surface area contributed by atoms with Crippen LogP contribution >= 0.6 is 34.3 Å². The highest BCUT2D eigenvalue weighted by molar-refractivity contribution is 7.27. The van der Waals surface area contributed by atoms with Crippen LogP contribution in [-0.2, 0) is 0 Å². The molecule has 10 nitrogen and oxygen atoms in total. The molecule has 26 aromatic rings. The van der Waals surface area contributed by atoms with Crippen LogP contribution in [0.4, 0.5) is 0 Å². The minimum atomic E-state index is 0.202. The summed E-state index contributed by atoms with van der Waals surface area (Å²) in [7, 11) is 0. The number of nitrogens with one attached hydrogen (secondary N) is 1. The Hall–Kier alpha value is -15.6. The van der Waals surface area contributed by atoms with E-state index in [2.05, 4.69) is 337 Å². The van der Waals surface area contributed by atoms with Gasteiger partial charge in [-0.3, -0.25) is 4.57 Å². The Morgan fingerprint density at radius 2 is 0.553 bits per heavy atom. The second kappa shape index (κ2) is 29.4. The molecule has 18 aromatic carbocycles. The lowest BCUT2D eigenvalue weighted by Crippen LogP contribution is -2.06. The first-order valence-electron chi connectivity index (χ1n) is 41.1. The second-order valence-corrected chi connectivity index (χ2v) is 33.4. The maximum Gasteiger partial charge on any atom is 0.238 e. The van der Waals surface area contributed by atoms with Gasteiger partial charge in [0.2, 0.25) is 11.2 Å². The Bertz CT molecular complexity index is 8550. The quantitative estimate of drug-likeness (QED) is 0.154. The molecule has 576 valence electrons. The van der Waals surface area contributed by atoms with Gasteiger partial charge in [0.15, 0.2) is 23.3 Å². The first-order valence-corrected chi connectivity index (χ1v) is 43.1. The zero-order valence-corrected chi connectivity index (χ0v) is 68.2. The predicted octanol–water partition coefficient (Wildman–Crippen LogP) is 30.1. The standard InChI is InChI=1S/C55H33N5S.C40H24N2S.C15H10ClN3/c1-4-16-34(17-5-1)35-28-30-38(31-29-35)59-45-26-14-12-22-39(45)43-32-44-48(33-47(43)59)61-52-50(44)41-24-11-10-23-40(41)49-42-25-13-15-27-46(42)60(51(49)52)55-57-53(36-18-6-2-7-19-36)56-54(58-55)37-20-8-3-9-21-37;1-2-10-24(11-3-1)25-18-20-26(21-19-25)42-34-17-9-7-12-27(34)31-22-32-36(23-35(31)42)43-40-38(32)29-14-5-4-13-28(29)37-30-15-6-8-16-33(30)41-39(37)40;16-15-18-13(11-7-3-1-4-8-11)17-14(19-15)12-9-5-2-6-10-12/h1-33H;1-23,41H;1-10H. The van der Waals surface area contributed by atoms with Crippen molar-refractivity contribution in [3.05, 3.63) is 406 Å². The fourth-order valence-electron chi connectivity index (χ4n) is 18.5. The minimum Gasteiger partial charge on any atom is -0.353 e. The van der Waals surface area contributed by atoms with E-state index in [1.165, 1.54) is 161 Å². The summed E-state index contributed by atoms with van der Waals surface area (Å²) in [6.45, 7) is 0. The lowest BCUT2D eigenvalue weighted by Gasteiger charge is -2.12. The number of para-hydroxylation sites is 4. The van der Waals surface area contributed by atoms with Gasteiger partial charge in [-0.2, -0.15) is 19.9 Å². The third-order valence-electron chi connectivity index (χ3n) is 23.9. The molecule has 0 saturated carbocycles. The zero-order valence-electron chi connectivity index (χ0n) is 65.8. The molecular formula is C110H67ClN10S2. The summed E-state index contributed by atoms with van der Waals surface area (Å²) in [6.07, 6.45) is 0. The van der Waals surface area contributed by atoms with E-state index < -0.39 is 0 Å². The number of aromatic nitrogens is 10. The Balaban J connectivity index is 0.000000119. The van der Waals surface area contributed by atoms with Crippen LogP contribution in [0.25, 0.3) is 234 Å². The average Bonchev–Trinajstić information content (AvgIpc) is 1.52. The summed E-state index contributed by atoms with van der Waals surface area (Å²) in [4.78, 5) is 32.3. The SMILES string of the molecule is Clc1nc(-c2ccccc2)nc(-c2ccccc2)n1.c1ccc(-c2ccc(-n3c4ccccc4c4cc5c(cc43)sc3c4[nH]c6ccccc6c4c4ccccc4c53)cc2)cc1.c1ccc(-c2ccc(-n3c4ccccc4c4cc5c(cc43)sc3c5c4ccccc4c4c5ccccc5n(-c5nc(-c6ccccc6)nc(-c6ccccc6)n5)c34)cc2)cc1. The number of fused-ring (bicyclic) bond motifs is 26. The molecule has 0 radical (unpaired) electrons. The molecule has 0 bridgehead atoms. The van der Waals surface area contributed by atoms with Gasteiger partial charge in [-0.15, -0.1) is 22.7 Å². The van der Waals surface area contributed by atoms with Gasteiger partial charge >= 0.3 is 0 Å². The van der Waals surface area contributed by atoms with Crippen LogP contribution in [0.1, 0.15) is 0 Å². The van der Waals surface area contributed by atoms with Crippen molar-refractivity contribution < 1.29 is 0 Å². The summed E-state index contributed by atoms with van der Waals surface area (Å²) >= 11 is 9.75. The van der Waals surface area contributed by atoms with E-state index in [1.807, 2.05) is 120 Å². The number of halogens is 1. The summed E-state index contributed by atoms with van der Waals surface area (Å²) in [6, 6.07) is 142. The van der Waals surface area contributed by atoms with Gasteiger partial charge in [0.25, 0.3) is 0 Å². The number of benzene rings is 18. The van der Waals surface area contributed by atoms with E-state index in [9.17, 15) is 0 Å². The summed E-state index contributed by atoms with van der Waals surface area (Å²) in [5, 5.41) is 20.5. The van der Waals surface area contributed by atoms with Gasteiger partial charge in [0, 0.05) is 113 Å². The van der Waals surface area contributed by atoms with Gasteiger partial charge in [0.1, 0.15) is 0 Å². The van der Waals surface area contributed by atoms with E-state index >= 15 is 0 Å². The maximum absolute atomic E-state index is 5.99. The highest BCUT2D eigenvalue weighted by Crippen LogP contribution is 2.52. The van der Waals surface area contributed by atoms with Crippen molar-refractivity contribution in [2.75, 3.05) is 0 Å². The van der Waals surface area contributed by atoms with Crippen molar-refractivity contribution in [2.45, 2.75) is 0 Å². The van der Waals surface area contributed by atoms with E-state index in [-0.39, 0.29) is 5.28 Å². The van der Waals surface area contributed by atoms with Crippen molar-refractivity contribution >= 4 is 183 Å². The molecule has 0 unspecified atom stereocenters. The molecule has 0 aliphatic heterocycles. The Labute approximate surface area is 717 Å². The van der Waals surface area contributed by atoms with Crippen LogP contribution < -0.4 is 0 Å². The average molecular weight is 1630 g/mol. The molecule has 26 rings (SSSR count). The van der Waals surface area contributed by atoms with Crippen molar-refractivity contribution in [3.8, 4) is 85.1 Å². The zero-order chi connectivity index (χ0) is 81.2. The number of thiophene rings is 2. The molecule has 0 spiro atoms. The molecule has 8 aromatic heterocycles.